The van der Waals surface area contributed by atoms with Crippen LogP contribution in [-0.2, 0) is 4.79 Å². The normalized spacial score (nSPS) is 16.6. The molecule has 7 nitrogen and oxygen atoms in total. The molecule has 1 saturated heterocycles. The third-order valence-corrected chi connectivity index (χ3v) is 5.83. The Kier molecular flexibility index (Phi) is 6.72. The summed E-state index contributed by atoms with van der Waals surface area (Å²) < 4.78 is 1.78. The standard InChI is InChI=1S/C24H30N6O/c1-18(20-9-5-3-6-10-20)16-26-23(31)22(29-12-7-4-8-13-29)21-15-19(2)27-24(28-21)30-14-11-25-17-30/h3,5-6,9-11,14-15,17-18,22H,4,7-8,12-13,16H2,1-2H3,(H,26,31). The van der Waals surface area contributed by atoms with E-state index in [-0.39, 0.29) is 11.8 Å². The largest absolute Gasteiger partial charge is 0.354 e. The van der Waals surface area contributed by atoms with Gasteiger partial charge in [0.05, 0.1) is 5.69 Å². The molecule has 2 aromatic heterocycles. The smallest absolute Gasteiger partial charge is 0.243 e. The average Bonchev–Trinajstić information content (AvgIpc) is 3.34. The first-order valence-electron chi connectivity index (χ1n) is 11.0. The fraction of sp³-hybridized carbons (Fsp3) is 0.417. The van der Waals surface area contributed by atoms with Gasteiger partial charge < -0.3 is 5.32 Å². The minimum Gasteiger partial charge on any atom is -0.354 e. The predicted molar refractivity (Wildman–Crippen MR) is 120 cm³/mol. The molecule has 0 radical (unpaired) electrons. The van der Waals surface area contributed by atoms with Crippen molar-refractivity contribution in [3.63, 3.8) is 0 Å². The highest BCUT2D eigenvalue weighted by atomic mass is 16.2. The second kappa shape index (κ2) is 9.83. The molecule has 2 unspecified atom stereocenters. The zero-order valence-electron chi connectivity index (χ0n) is 18.2. The monoisotopic (exact) mass is 418 g/mol. The highest BCUT2D eigenvalue weighted by Crippen LogP contribution is 2.25. The minimum absolute atomic E-state index is 0.000591. The summed E-state index contributed by atoms with van der Waals surface area (Å²) in [5.41, 5.74) is 2.79. The van der Waals surface area contributed by atoms with Gasteiger partial charge in [0.2, 0.25) is 11.9 Å². The number of carbonyl (C=O) groups excluding carboxylic acids is 1. The highest BCUT2D eigenvalue weighted by molar-refractivity contribution is 5.82. The van der Waals surface area contributed by atoms with Crippen LogP contribution in [0.4, 0.5) is 0 Å². The third-order valence-electron chi connectivity index (χ3n) is 5.83. The lowest BCUT2D eigenvalue weighted by Gasteiger charge is -2.33. The van der Waals surface area contributed by atoms with E-state index in [0.29, 0.717) is 12.5 Å². The van der Waals surface area contributed by atoms with Crippen LogP contribution in [0, 0.1) is 6.92 Å². The molecule has 1 fully saturated rings. The van der Waals surface area contributed by atoms with Gasteiger partial charge in [-0.1, -0.05) is 43.7 Å². The summed E-state index contributed by atoms with van der Waals surface area (Å²) in [5.74, 6) is 0.778. The number of carbonyl (C=O) groups is 1. The Morgan fingerprint density at radius 3 is 2.61 bits per heavy atom. The predicted octanol–water partition coefficient (Wildman–Crippen LogP) is 3.42. The SMILES string of the molecule is Cc1cc(C(C(=O)NCC(C)c2ccccc2)N2CCCCC2)nc(-n2ccnc2)n1. The number of likely N-dealkylation sites (tertiary alicyclic amines) is 1. The second-order valence-electron chi connectivity index (χ2n) is 8.26. The lowest BCUT2D eigenvalue weighted by Crippen LogP contribution is -2.44. The van der Waals surface area contributed by atoms with Crippen LogP contribution >= 0.6 is 0 Å². The van der Waals surface area contributed by atoms with E-state index in [1.807, 2.05) is 37.4 Å². The van der Waals surface area contributed by atoms with Crippen molar-refractivity contribution < 1.29 is 4.79 Å². The molecule has 7 heteroatoms. The Morgan fingerprint density at radius 2 is 1.90 bits per heavy atom. The first-order valence-corrected chi connectivity index (χ1v) is 11.0. The minimum atomic E-state index is -0.424. The van der Waals surface area contributed by atoms with E-state index in [0.717, 1.165) is 37.3 Å². The Balaban J connectivity index is 1.58. The summed E-state index contributed by atoms with van der Waals surface area (Å²) in [5, 5.41) is 3.19. The number of aromatic nitrogens is 4. The number of hydrogen-bond donors (Lipinski definition) is 1. The van der Waals surface area contributed by atoms with Crippen LogP contribution in [0.25, 0.3) is 5.95 Å². The van der Waals surface area contributed by atoms with Gasteiger partial charge in [-0.15, -0.1) is 0 Å². The second-order valence-corrected chi connectivity index (χ2v) is 8.26. The van der Waals surface area contributed by atoms with Crippen LogP contribution in [-0.4, -0.2) is 50.0 Å². The number of amides is 1. The Hall–Kier alpha value is -3.06. The van der Waals surface area contributed by atoms with E-state index in [4.69, 9.17) is 4.98 Å². The fourth-order valence-electron chi connectivity index (χ4n) is 4.12. The van der Waals surface area contributed by atoms with E-state index < -0.39 is 6.04 Å². The van der Waals surface area contributed by atoms with Gasteiger partial charge in [-0.25, -0.2) is 15.0 Å². The first-order chi connectivity index (χ1) is 15.1. The number of imidazole rings is 1. The van der Waals surface area contributed by atoms with Gasteiger partial charge in [0.25, 0.3) is 0 Å². The maximum atomic E-state index is 13.5. The maximum Gasteiger partial charge on any atom is 0.243 e. The first kappa shape index (κ1) is 21.2. The third kappa shape index (κ3) is 5.17. The molecule has 4 rings (SSSR count). The molecule has 3 aromatic rings. The molecule has 0 saturated carbocycles. The Labute approximate surface area is 183 Å². The topological polar surface area (TPSA) is 75.9 Å². The van der Waals surface area contributed by atoms with Gasteiger partial charge in [0.1, 0.15) is 12.4 Å². The van der Waals surface area contributed by atoms with Crippen LogP contribution in [0.2, 0.25) is 0 Å². The van der Waals surface area contributed by atoms with Crippen LogP contribution in [0.3, 0.4) is 0 Å². The number of hydrogen-bond acceptors (Lipinski definition) is 5. The van der Waals surface area contributed by atoms with Gasteiger partial charge in [0, 0.05) is 24.6 Å². The molecule has 2 atom stereocenters. The van der Waals surface area contributed by atoms with Gasteiger partial charge in [0.15, 0.2) is 0 Å². The fourth-order valence-corrected chi connectivity index (χ4v) is 4.12. The summed E-state index contributed by atoms with van der Waals surface area (Å²) in [7, 11) is 0. The van der Waals surface area contributed by atoms with Gasteiger partial charge in [-0.3, -0.25) is 14.3 Å². The molecule has 1 aromatic carbocycles. The van der Waals surface area contributed by atoms with Gasteiger partial charge in [-0.05, 0) is 50.4 Å². The van der Waals surface area contributed by atoms with Crippen molar-refractivity contribution in [2.24, 2.45) is 0 Å². The molecule has 31 heavy (non-hydrogen) atoms. The number of nitrogens with zero attached hydrogens (tertiary/aromatic N) is 5. The lowest BCUT2D eigenvalue weighted by atomic mass is 10.0. The number of nitrogens with one attached hydrogen (secondary N) is 1. The molecule has 162 valence electrons. The zero-order valence-corrected chi connectivity index (χ0v) is 18.2. The molecule has 1 aliphatic rings. The van der Waals surface area contributed by atoms with Crippen molar-refractivity contribution in [1.82, 2.24) is 29.7 Å². The van der Waals surface area contributed by atoms with Gasteiger partial charge in [-0.2, -0.15) is 0 Å². The van der Waals surface area contributed by atoms with Crippen LogP contribution in [0.1, 0.15) is 55.1 Å². The molecule has 1 N–H and O–H groups in total. The summed E-state index contributed by atoms with van der Waals surface area (Å²) in [6.07, 6.45) is 8.60. The molecular weight excluding hydrogens is 388 g/mol. The highest BCUT2D eigenvalue weighted by Gasteiger charge is 2.31. The van der Waals surface area contributed by atoms with Crippen molar-refractivity contribution in [2.45, 2.75) is 45.1 Å². The average molecular weight is 419 g/mol. The van der Waals surface area contributed by atoms with E-state index in [1.54, 1.807) is 17.1 Å². The lowest BCUT2D eigenvalue weighted by molar-refractivity contribution is -0.127. The van der Waals surface area contributed by atoms with Crippen molar-refractivity contribution >= 4 is 5.91 Å². The van der Waals surface area contributed by atoms with E-state index >= 15 is 0 Å². The number of aryl methyl sites for hydroxylation is 1. The van der Waals surface area contributed by atoms with Crippen LogP contribution < -0.4 is 5.32 Å². The Bertz CT molecular complexity index is 983. The van der Waals surface area contributed by atoms with E-state index in [9.17, 15) is 4.79 Å². The van der Waals surface area contributed by atoms with Crippen LogP contribution in [0.5, 0.6) is 0 Å². The van der Waals surface area contributed by atoms with E-state index in [1.165, 1.54) is 12.0 Å². The molecule has 0 aliphatic carbocycles. The summed E-state index contributed by atoms with van der Waals surface area (Å²) >= 11 is 0. The molecule has 0 spiro atoms. The summed E-state index contributed by atoms with van der Waals surface area (Å²) in [6.45, 7) is 6.46. The Morgan fingerprint density at radius 1 is 1.13 bits per heavy atom. The number of benzene rings is 1. The molecule has 3 heterocycles. The van der Waals surface area contributed by atoms with Crippen molar-refractivity contribution in [3.8, 4) is 5.95 Å². The molecular formula is C24H30N6O. The van der Waals surface area contributed by atoms with Crippen molar-refractivity contribution in [3.05, 3.63) is 72.1 Å². The number of rotatable bonds is 7. The van der Waals surface area contributed by atoms with E-state index in [2.05, 4.69) is 39.2 Å². The molecule has 0 bridgehead atoms. The zero-order chi connectivity index (χ0) is 21.6. The van der Waals surface area contributed by atoms with Crippen LogP contribution in [0.15, 0.2) is 55.1 Å². The van der Waals surface area contributed by atoms with Crippen molar-refractivity contribution in [2.75, 3.05) is 19.6 Å². The van der Waals surface area contributed by atoms with Gasteiger partial charge >= 0.3 is 0 Å². The maximum absolute atomic E-state index is 13.5. The quantitative estimate of drug-likeness (QED) is 0.636. The summed E-state index contributed by atoms with van der Waals surface area (Å²) in [6, 6.07) is 11.8. The number of piperidine rings is 1. The van der Waals surface area contributed by atoms with Crippen molar-refractivity contribution in [1.29, 1.82) is 0 Å². The molecule has 1 aliphatic heterocycles. The summed E-state index contributed by atoms with van der Waals surface area (Å²) in [4.78, 5) is 29.1. The molecule has 1 amide bonds.